The van der Waals surface area contributed by atoms with Gasteiger partial charge < -0.3 is 46.1 Å². The van der Waals surface area contributed by atoms with Crippen molar-refractivity contribution >= 4 is 100 Å². The maximum absolute atomic E-state index is 13.2. The molecule has 0 unspecified atom stereocenters. The van der Waals surface area contributed by atoms with E-state index in [2.05, 4.69) is 141 Å². The molecule has 0 saturated heterocycles. The fourth-order valence-corrected chi connectivity index (χ4v) is 10.8. The van der Waals surface area contributed by atoms with E-state index in [4.69, 9.17) is 13.9 Å². The second-order valence-electron chi connectivity index (χ2n) is 16.4. The third-order valence-corrected chi connectivity index (χ3v) is 14.4. The molecular formula is C55H59Br4ClN4O6. The van der Waals surface area contributed by atoms with Crippen molar-refractivity contribution in [3.63, 3.8) is 0 Å². The Morgan fingerprint density at radius 1 is 0.643 bits per heavy atom. The predicted molar refractivity (Wildman–Crippen MR) is 298 cm³/mol. The molecule has 0 aromatic heterocycles. The third kappa shape index (κ3) is 10.0. The average molecular weight is 1230 g/mol. The van der Waals surface area contributed by atoms with Crippen molar-refractivity contribution in [2.24, 2.45) is 0 Å². The second-order valence-corrected chi connectivity index (χ2v) is 18.0. The highest BCUT2D eigenvalue weighted by atomic mass is 80.9. The molecule has 5 aromatic rings. The summed E-state index contributed by atoms with van der Waals surface area (Å²) in [6, 6.07) is 35.3. The summed E-state index contributed by atoms with van der Waals surface area (Å²) in [5.74, 6) is 0.799. The Bertz CT molecular complexity index is 2990. The van der Waals surface area contributed by atoms with Crippen LogP contribution in [0.15, 0.2) is 123 Å². The van der Waals surface area contributed by atoms with Crippen LogP contribution in [0.1, 0.15) is 86.4 Å². The van der Waals surface area contributed by atoms with Gasteiger partial charge in [-0.2, -0.15) is 0 Å². The van der Waals surface area contributed by atoms with E-state index in [1.807, 2.05) is 91.5 Å². The molecule has 3 aliphatic heterocycles. The SMILES string of the molecule is BrBr.C.CCN(CC)c1ccc2c(-c3ccccc3C(=O)O)c3ccc(=[N+](C)C)cc-3oc2c1.CCN(CC)c1ccc2c(c1Br)Oc1c(ccc(N(CC)CC)c1Br)C21OC(=O)c2ccccc21.[Cl-]. The highest BCUT2D eigenvalue weighted by Gasteiger charge is 2.54. The average Bonchev–Trinajstić information content (AvgIpc) is 3.65. The highest BCUT2D eigenvalue weighted by molar-refractivity contribution is 9.93. The zero-order valence-electron chi connectivity index (χ0n) is 39.8. The largest absolute Gasteiger partial charge is 1.00 e. The van der Waals surface area contributed by atoms with Crippen molar-refractivity contribution in [2.75, 3.05) is 68.1 Å². The van der Waals surface area contributed by atoms with Gasteiger partial charge >= 0.3 is 11.9 Å². The topological polar surface area (TPSA) is 98.7 Å². The summed E-state index contributed by atoms with van der Waals surface area (Å²) in [6.07, 6.45) is 0. The number of esters is 1. The van der Waals surface area contributed by atoms with E-state index >= 15 is 0 Å². The number of hydrogen-bond acceptors (Lipinski definition) is 8. The Balaban J connectivity index is 0.000000247. The van der Waals surface area contributed by atoms with Gasteiger partial charge in [0.2, 0.25) is 5.36 Å². The molecule has 370 valence electrons. The van der Waals surface area contributed by atoms with E-state index in [0.717, 1.165) is 115 Å². The number of carboxylic acid groups (broad SMARTS) is 1. The standard InChI is InChI=1S/C28H28Br2N2O3.C26H26N2O3.CH4.Br2.ClH/c1-5-31(6-2)21-15-13-19-25(23(21)29)34-26-20(14-16-22(24(26)30)32(7-3)8-4)28(19)18-12-10-9-11-17(18)27(33)35-28;1-5-28(6-2)18-12-14-22-24(16-18)31-23-15-17(27(3)4)11-13-21(23)25(22)19-9-7-8-10-20(19)26(29)30;;1-2;/h9-16H,5-8H2,1-4H3;7-16H,5-6H2,1-4H3;1H4;;1H. The van der Waals surface area contributed by atoms with Crippen LogP contribution in [0.2, 0.25) is 0 Å². The van der Waals surface area contributed by atoms with Crippen molar-refractivity contribution in [2.45, 2.75) is 54.6 Å². The van der Waals surface area contributed by atoms with E-state index in [1.54, 1.807) is 12.1 Å². The molecule has 0 radical (unpaired) electrons. The number of carboxylic acids is 1. The summed E-state index contributed by atoms with van der Waals surface area (Å²) in [5.41, 5.74) is 8.60. The molecule has 10 nitrogen and oxygen atoms in total. The van der Waals surface area contributed by atoms with Crippen LogP contribution in [0.5, 0.6) is 11.5 Å². The van der Waals surface area contributed by atoms with Crippen LogP contribution in [0.3, 0.4) is 0 Å². The number of anilines is 3. The summed E-state index contributed by atoms with van der Waals surface area (Å²) in [4.78, 5) is 32.0. The van der Waals surface area contributed by atoms with Gasteiger partial charge in [0.25, 0.3) is 0 Å². The van der Waals surface area contributed by atoms with Crippen LogP contribution >= 0.6 is 60.1 Å². The number of ether oxygens (including phenoxy) is 2. The number of nitrogens with zero attached hydrogens (tertiary/aromatic N) is 4. The van der Waals surface area contributed by atoms with Crippen molar-refractivity contribution in [1.82, 2.24) is 4.58 Å². The number of aromatic carboxylic acids is 1. The fraction of sp³-hybridized carbons (Fsp3) is 0.291. The Morgan fingerprint density at radius 3 is 1.70 bits per heavy atom. The first-order chi connectivity index (χ1) is 32.9. The number of hydrogen-bond donors (Lipinski definition) is 1. The maximum Gasteiger partial charge on any atom is 0.340 e. The minimum Gasteiger partial charge on any atom is -1.00 e. The molecule has 0 fully saturated rings. The normalized spacial score (nSPS) is 12.3. The minimum atomic E-state index is -1.09. The third-order valence-electron chi connectivity index (χ3n) is 12.9. The first-order valence-corrected chi connectivity index (χ1v) is 28.1. The molecule has 70 heavy (non-hydrogen) atoms. The molecule has 0 saturated carbocycles. The smallest absolute Gasteiger partial charge is 0.340 e. The molecule has 9 rings (SSSR count). The minimum absolute atomic E-state index is 0. The molecule has 1 N–H and O–H groups in total. The molecule has 4 aliphatic rings. The molecule has 1 spiro atoms. The second kappa shape index (κ2) is 24.0. The predicted octanol–water partition coefficient (Wildman–Crippen LogP) is 11.6. The van der Waals surface area contributed by atoms with Crippen molar-refractivity contribution < 1.29 is 41.0 Å². The molecule has 0 atom stereocenters. The van der Waals surface area contributed by atoms with Crippen molar-refractivity contribution in [3.05, 3.63) is 151 Å². The molecule has 0 bridgehead atoms. The van der Waals surface area contributed by atoms with Crippen LogP contribution in [0.25, 0.3) is 33.4 Å². The highest BCUT2D eigenvalue weighted by Crippen LogP contribution is 2.61. The van der Waals surface area contributed by atoms with E-state index in [0.29, 0.717) is 22.6 Å². The van der Waals surface area contributed by atoms with E-state index in [-0.39, 0.29) is 31.4 Å². The number of fused-ring (bicyclic) bond motifs is 8. The summed E-state index contributed by atoms with van der Waals surface area (Å²) in [7, 11) is 3.97. The Hall–Kier alpha value is -4.86. The molecule has 5 aromatic carbocycles. The van der Waals surface area contributed by atoms with E-state index < -0.39 is 11.6 Å². The van der Waals surface area contributed by atoms with Crippen LogP contribution in [0.4, 0.5) is 17.1 Å². The first-order valence-electron chi connectivity index (χ1n) is 22.8. The van der Waals surface area contributed by atoms with Crippen LogP contribution in [-0.4, -0.2) is 70.4 Å². The number of carbonyl (C=O) groups excluding carboxylic acids is 1. The summed E-state index contributed by atoms with van der Waals surface area (Å²) >= 11 is 13.2. The number of benzene rings is 6. The fourth-order valence-electron chi connectivity index (χ4n) is 9.44. The van der Waals surface area contributed by atoms with Crippen molar-refractivity contribution in [3.8, 4) is 33.9 Å². The zero-order valence-corrected chi connectivity index (χ0v) is 46.9. The Kier molecular flexibility index (Phi) is 19.3. The van der Waals surface area contributed by atoms with Crippen molar-refractivity contribution in [1.29, 1.82) is 0 Å². The number of rotatable bonds is 11. The lowest BCUT2D eigenvalue weighted by Crippen LogP contribution is -3.00. The number of halogens is 5. The van der Waals surface area contributed by atoms with Gasteiger partial charge in [-0.05, 0) is 134 Å². The molecular weight excluding hydrogens is 1170 g/mol. The lowest BCUT2D eigenvalue weighted by molar-refractivity contribution is -0.0000719. The Morgan fingerprint density at radius 2 is 1.17 bits per heavy atom. The van der Waals surface area contributed by atoms with Crippen LogP contribution < -0.4 is 41.8 Å². The zero-order chi connectivity index (χ0) is 49.0. The van der Waals surface area contributed by atoms with Gasteiger partial charge in [-0.15, -0.1) is 0 Å². The monoisotopic (exact) mass is 1220 g/mol. The van der Waals surface area contributed by atoms with Crippen LogP contribution in [-0.2, 0) is 10.3 Å². The lowest BCUT2D eigenvalue weighted by atomic mass is 9.77. The van der Waals surface area contributed by atoms with Gasteiger partial charge in [0.15, 0.2) is 17.1 Å². The van der Waals surface area contributed by atoms with Crippen LogP contribution in [0, 0.1) is 0 Å². The molecule has 0 amide bonds. The Labute approximate surface area is 450 Å². The number of carbonyl (C=O) groups is 2. The summed E-state index contributed by atoms with van der Waals surface area (Å²) < 4.78 is 23.1. The van der Waals surface area contributed by atoms with Gasteiger partial charge in [0, 0.05) is 119 Å². The van der Waals surface area contributed by atoms with E-state index in [1.165, 1.54) is 0 Å². The summed E-state index contributed by atoms with van der Waals surface area (Å²) in [6.45, 7) is 18.0. The van der Waals surface area contributed by atoms with Gasteiger partial charge in [0.1, 0.15) is 25.4 Å². The summed E-state index contributed by atoms with van der Waals surface area (Å²) in [5, 5.41) is 11.8. The quantitative estimate of drug-likeness (QED) is 0.0771. The molecule has 1 aliphatic carbocycles. The first kappa shape index (κ1) is 56.1. The van der Waals surface area contributed by atoms with Gasteiger partial charge in [-0.1, -0.05) is 43.8 Å². The molecule has 15 heteroatoms. The van der Waals surface area contributed by atoms with Gasteiger partial charge in [-0.3, -0.25) is 0 Å². The maximum atomic E-state index is 13.2. The lowest BCUT2D eigenvalue weighted by Gasteiger charge is -2.39. The van der Waals surface area contributed by atoms with Gasteiger partial charge in [-0.25, -0.2) is 14.2 Å². The van der Waals surface area contributed by atoms with E-state index in [9.17, 15) is 14.7 Å². The van der Waals surface area contributed by atoms with Gasteiger partial charge in [0.05, 0.1) is 37.5 Å². The molecule has 3 heterocycles.